The second kappa shape index (κ2) is 2.23. The zero-order chi connectivity index (χ0) is 8.72. The molecule has 0 aromatic carbocycles. The van der Waals surface area contributed by atoms with Crippen molar-refractivity contribution < 1.29 is 5.11 Å². The lowest BCUT2D eigenvalue weighted by molar-refractivity contribution is 0.402. The second-order valence-corrected chi connectivity index (χ2v) is 2.90. The van der Waals surface area contributed by atoms with E-state index in [2.05, 4.69) is 4.98 Å². The van der Waals surface area contributed by atoms with Crippen LogP contribution in [0.25, 0.3) is 0 Å². The molecule has 0 spiro atoms. The quantitative estimate of drug-likeness (QED) is 0.597. The summed E-state index contributed by atoms with van der Waals surface area (Å²) in [7, 11) is 0. The van der Waals surface area contributed by atoms with Crippen LogP contribution in [0.3, 0.4) is 0 Å². The Bertz CT molecular complexity index is 413. The molecule has 0 radical (unpaired) electrons. The summed E-state index contributed by atoms with van der Waals surface area (Å²) in [6.07, 6.45) is 1.78. The zero-order valence-corrected chi connectivity index (χ0v) is 6.28. The Morgan fingerprint density at radius 3 is 2.67 bits per heavy atom. The molecule has 12 heavy (non-hydrogen) atoms. The maximum absolute atomic E-state index is 11.1. The van der Waals surface area contributed by atoms with Crippen LogP contribution in [0.2, 0.25) is 0 Å². The fraction of sp³-hybridized carbons (Fsp3) is 0.429. The molecule has 0 amide bonds. The molecule has 1 aliphatic rings. The Kier molecular flexibility index (Phi) is 1.33. The van der Waals surface area contributed by atoms with Gasteiger partial charge in [-0.05, 0) is 12.8 Å². The van der Waals surface area contributed by atoms with Gasteiger partial charge in [-0.3, -0.25) is 14.3 Å². The molecule has 2 rings (SSSR count). The molecule has 0 saturated heterocycles. The molecular formula is C7H8N2O3. The third kappa shape index (κ3) is 1.03. The summed E-state index contributed by atoms with van der Waals surface area (Å²) in [6.45, 7) is 0. The van der Waals surface area contributed by atoms with Crippen molar-refractivity contribution in [3.05, 3.63) is 26.9 Å². The molecule has 0 aliphatic heterocycles. The first-order valence-corrected chi connectivity index (χ1v) is 3.73. The van der Waals surface area contributed by atoms with E-state index in [1.54, 1.807) is 0 Å². The average Bonchev–Trinajstić information content (AvgIpc) is 2.68. The molecule has 1 fully saturated rings. The summed E-state index contributed by atoms with van der Waals surface area (Å²) < 4.78 is 1.21. The summed E-state index contributed by atoms with van der Waals surface area (Å²) in [5.74, 6) is -0.244. The topological polar surface area (TPSA) is 75.1 Å². The van der Waals surface area contributed by atoms with Crippen molar-refractivity contribution in [2.75, 3.05) is 0 Å². The highest BCUT2D eigenvalue weighted by Crippen LogP contribution is 2.35. The van der Waals surface area contributed by atoms with Crippen LogP contribution in [-0.4, -0.2) is 14.7 Å². The molecule has 2 N–H and O–H groups in total. The molecule has 64 valence electrons. The predicted molar refractivity (Wildman–Crippen MR) is 41.3 cm³/mol. The lowest BCUT2D eigenvalue weighted by atomic mass is 10.5. The van der Waals surface area contributed by atoms with Crippen LogP contribution in [0.4, 0.5) is 0 Å². The molecule has 0 unspecified atom stereocenters. The minimum Gasteiger partial charge on any atom is -0.494 e. The highest BCUT2D eigenvalue weighted by atomic mass is 16.3. The number of H-pyrrole nitrogens is 1. The number of aromatic nitrogens is 2. The molecule has 0 atom stereocenters. The average molecular weight is 168 g/mol. The van der Waals surface area contributed by atoms with Crippen molar-refractivity contribution in [3.63, 3.8) is 0 Å². The number of hydrogen-bond donors (Lipinski definition) is 2. The van der Waals surface area contributed by atoms with E-state index in [0.29, 0.717) is 0 Å². The van der Waals surface area contributed by atoms with Crippen molar-refractivity contribution in [1.82, 2.24) is 9.55 Å². The van der Waals surface area contributed by atoms with Crippen LogP contribution in [-0.2, 0) is 0 Å². The van der Waals surface area contributed by atoms with Gasteiger partial charge in [-0.15, -0.1) is 0 Å². The summed E-state index contributed by atoms with van der Waals surface area (Å²) in [6, 6.07) is 1.09. The molecule has 1 saturated carbocycles. The fourth-order valence-electron chi connectivity index (χ4n) is 1.18. The lowest BCUT2D eigenvalue weighted by Gasteiger charge is -2.03. The molecule has 5 nitrogen and oxygen atoms in total. The van der Waals surface area contributed by atoms with Gasteiger partial charge >= 0.3 is 5.69 Å². The standard InChI is InChI=1S/C7H8N2O3/c10-5-3-6(11)9(4-1-2-4)7(12)8-5/h3-4,11H,1-2H2,(H,8,10,12). The highest BCUT2D eigenvalue weighted by Gasteiger charge is 2.26. The predicted octanol–water partition coefficient (Wildman–Crippen LogP) is -0.423. The highest BCUT2D eigenvalue weighted by molar-refractivity contribution is 5.09. The van der Waals surface area contributed by atoms with Gasteiger partial charge in [0.1, 0.15) is 0 Å². The fourth-order valence-corrected chi connectivity index (χ4v) is 1.18. The minimum atomic E-state index is -0.561. The van der Waals surface area contributed by atoms with E-state index in [9.17, 15) is 14.7 Å². The second-order valence-electron chi connectivity index (χ2n) is 2.90. The summed E-state index contributed by atoms with van der Waals surface area (Å²) >= 11 is 0. The number of aromatic hydroxyl groups is 1. The maximum atomic E-state index is 11.1. The Morgan fingerprint density at radius 2 is 2.17 bits per heavy atom. The van der Waals surface area contributed by atoms with E-state index < -0.39 is 11.2 Å². The van der Waals surface area contributed by atoms with Gasteiger partial charge in [0.15, 0.2) is 0 Å². The van der Waals surface area contributed by atoms with Crippen LogP contribution in [0.15, 0.2) is 15.7 Å². The molecule has 0 bridgehead atoms. The van der Waals surface area contributed by atoms with Crippen LogP contribution in [0.5, 0.6) is 5.88 Å². The Hall–Kier alpha value is -1.52. The van der Waals surface area contributed by atoms with Gasteiger partial charge in [0.25, 0.3) is 5.56 Å². The van der Waals surface area contributed by atoms with Gasteiger partial charge in [0, 0.05) is 6.04 Å². The largest absolute Gasteiger partial charge is 0.494 e. The van der Waals surface area contributed by atoms with Crippen molar-refractivity contribution in [3.8, 4) is 5.88 Å². The first kappa shape index (κ1) is 7.15. The van der Waals surface area contributed by atoms with Crippen LogP contribution in [0.1, 0.15) is 18.9 Å². The van der Waals surface area contributed by atoms with Gasteiger partial charge in [-0.2, -0.15) is 0 Å². The normalized spacial score (nSPS) is 16.3. The van der Waals surface area contributed by atoms with Crippen molar-refractivity contribution in [2.45, 2.75) is 18.9 Å². The third-order valence-electron chi connectivity index (χ3n) is 1.87. The van der Waals surface area contributed by atoms with Gasteiger partial charge in [0.05, 0.1) is 6.07 Å². The minimum absolute atomic E-state index is 0.0781. The van der Waals surface area contributed by atoms with E-state index in [1.165, 1.54) is 4.57 Å². The number of aromatic amines is 1. The van der Waals surface area contributed by atoms with Gasteiger partial charge in [-0.1, -0.05) is 0 Å². The van der Waals surface area contributed by atoms with Gasteiger partial charge in [0.2, 0.25) is 5.88 Å². The summed E-state index contributed by atoms with van der Waals surface area (Å²) in [4.78, 5) is 23.9. The monoisotopic (exact) mass is 168 g/mol. The molecule has 1 aromatic rings. The molecule has 1 heterocycles. The lowest BCUT2D eigenvalue weighted by Crippen LogP contribution is -2.28. The number of nitrogens with one attached hydrogen (secondary N) is 1. The van der Waals surface area contributed by atoms with Crippen molar-refractivity contribution >= 4 is 0 Å². The number of hydrogen-bond acceptors (Lipinski definition) is 3. The van der Waals surface area contributed by atoms with E-state index in [1.807, 2.05) is 0 Å². The van der Waals surface area contributed by atoms with Crippen molar-refractivity contribution in [2.24, 2.45) is 0 Å². The Balaban J connectivity index is 2.67. The van der Waals surface area contributed by atoms with Gasteiger partial charge in [-0.25, -0.2) is 4.79 Å². The van der Waals surface area contributed by atoms with E-state index in [0.717, 1.165) is 18.9 Å². The summed E-state index contributed by atoms with van der Waals surface area (Å²) in [5, 5.41) is 9.23. The number of rotatable bonds is 1. The van der Waals surface area contributed by atoms with E-state index in [-0.39, 0.29) is 11.9 Å². The van der Waals surface area contributed by atoms with Crippen LogP contribution < -0.4 is 11.2 Å². The Morgan fingerprint density at radius 1 is 1.50 bits per heavy atom. The smallest absolute Gasteiger partial charge is 0.331 e. The SMILES string of the molecule is O=c1cc(O)n(C2CC2)c(=O)[nH]1. The zero-order valence-electron chi connectivity index (χ0n) is 6.28. The molecule has 1 aliphatic carbocycles. The molecule has 5 heteroatoms. The first-order valence-electron chi connectivity index (χ1n) is 3.73. The van der Waals surface area contributed by atoms with E-state index >= 15 is 0 Å². The Labute approximate surface area is 67.3 Å². The summed E-state index contributed by atoms with van der Waals surface area (Å²) in [5.41, 5.74) is -1.09. The van der Waals surface area contributed by atoms with Gasteiger partial charge < -0.3 is 5.11 Å². The van der Waals surface area contributed by atoms with E-state index in [4.69, 9.17) is 0 Å². The maximum Gasteiger partial charge on any atom is 0.331 e. The molecular weight excluding hydrogens is 160 g/mol. The first-order chi connectivity index (χ1) is 5.68. The number of nitrogens with zero attached hydrogens (tertiary/aromatic N) is 1. The van der Waals surface area contributed by atoms with Crippen molar-refractivity contribution in [1.29, 1.82) is 0 Å². The van der Waals surface area contributed by atoms with Crippen LogP contribution >= 0.6 is 0 Å². The van der Waals surface area contributed by atoms with Crippen LogP contribution in [0, 0.1) is 0 Å². The third-order valence-corrected chi connectivity index (χ3v) is 1.87. The molecule has 1 aromatic heterocycles.